The molecule has 142 valence electrons. The molecule has 5 nitrogen and oxygen atoms in total. The molecule has 0 saturated carbocycles. The molecular weight excluding hydrogens is 389 g/mol. The summed E-state index contributed by atoms with van der Waals surface area (Å²) in [5, 5.41) is 4.26. The molecule has 2 rings (SSSR count). The molecule has 2 aromatic rings. The van der Waals surface area contributed by atoms with Crippen LogP contribution in [0.2, 0.25) is 5.15 Å². The molecule has 0 bridgehead atoms. The topological polar surface area (TPSA) is 51.0 Å². The molecule has 0 aliphatic heterocycles. The number of amides is 1. The summed E-state index contributed by atoms with van der Waals surface area (Å²) in [6.45, 7) is 0.126. The Kier molecular flexibility index (Phi) is 7.33. The van der Waals surface area contributed by atoms with E-state index in [1.165, 1.54) is 9.58 Å². The number of pyridine rings is 1. The molecule has 2 aromatic heterocycles. The molecule has 0 radical (unpaired) electrons. The largest absolute Gasteiger partial charge is 0.389 e. The minimum Gasteiger partial charge on any atom is -0.308 e. The molecule has 26 heavy (non-hydrogen) atoms. The first-order valence-corrected chi connectivity index (χ1v) is 8.96. The molecule has 0 atom stereocenters. The zero-order valence-corrected chi connectivity index (χ0v) is 15.4. The third-order valence-corrected chi connectivity index (χ3v) is 4.06. The lowest BCUT2D eigenvalue weighted by Gasteiger charge is -2.21. The van der Waals surface area contributed by atoms with Crippen molar-refractivity contribution in [3.63, 3.8) is 0 Å². The van der Waals surface area contributed by atoms with Crippen LogP contribution in [0.4, 0.5) is 18.9 Å². The summed E-state index contributed by atoms with van der Waals surface area (Å²) in [6.07, 6.45) is -0.0485. The molecule has 0 aromatic carbocycles. The monoisotopic (exact) mass is 406 g/mol. The zero-order valence-electron chi connectivity index (χ0n) is 13.8. The number of anilines is 1. The summed E-state index contributed by atoms with van der Waals surface area (Å²) in [6, 6.07) is 3.49. The van der Waals surface area contributed by atoms with Gasteiger partial charge in [-0.25, -0.2) is 4.68 Å². The molecule has 0 aliphatic carbocycles. The fourth-order valence-electron chi connectivity index (χ4n) is 2.35. The second-order valence-corrected chi connectivity index (χ2v) is 6.36. The number of alkyl halides is 3. The molecule has 10 heteroatoms. The van der Waals surface area contributed by atoms with E-state index in [-0.39, 0.29) is 36.9 Å². The molecule has 0 aliphatic rings. The normalized spacial score (nSPS) is 11.6. The molecular formula is C16H18ClF3N4OS. The molecule has 1 amide bonds. The lowest BCUT2D eigenvalue weighted by molar-refractivity contribution is -0.135. The van der Waals surface area contributed by atoms with Crippen molar-refractivity contribution in [2.45, 2.75) is 31.9 Å². The van der Waals surface area contributed by atoms with E-state index < -0.39 is 12.6 Å². The van der Waals surface area contributed by atoms with Crippen molar-refractivity contribution in [2.75, 3.05) is 17.2 Å². The number of rotatable bonds is 8. The van der Waals surface area contributed by atoms with Gasteiger partial charge in [-0.05, 0) is 30.7 Å². The van der Waals surface area contributed by atoms with Crippen molar-refractivity contribution in [1.82, 2.24) is 14.8 Å². The van der Waals surface area contributed by atoms with Gasteiger partial charge in [0.1, 0.15) is 5.69 Å². The van der Waals surface area contributed by atoms with E-state index in [0.29, 0.717) is 17.1 Å². The van der Waals surface area contributed by atoms with Crippen LogP contribution >= 0.6 is 24.2 Å². The average molecular weight is 407 g/mol. The lowest BCUT2D eigenvalue weighted by atomic mass is 10.2. The van der Waals surface area contributed by atoms with Crippen molar-refractivity contribution in [2.24, 2.45) is 0 Å². The van der Waals surface area contributed by atoms with Gasteiger partial charge in [0, 0.05) is 25.6 Å². The lowest BCUT2D eigenvalue weighted by Crippen LogP contribution is -2.32. The van der Waals surface area contributed by atoms with E-state index in [1.807, 2.05) is 0 Å². The van der Waals surface area contributed by atoms with Gasteiger partial charge in [-0.2, -0.15) is 30.9 Å². The van der Waals surface area contributed by atoms with Gasteiger partial charge < -0.3 is 4.90 Å². The SMILES string of the molecule is O=C(CCS)N(CCCCC(F)(F)F)c1cn(-c2cccnc2)nc1Cl. The van der Waals surface area contributed by atoms with Crippen molar-refractivity contribution in [3.8, 4) is 5.69 Å². The van der Waals surface area contributed by atoms with Crippen molar-refractivity contribution in [3.05, 3.63) is 35.9 Å². The Labute approximate surface area is 159 Å². The first-order chi connectivity index (χ1) is 12.3. The maximum atomic E-state index is 12.4. The third-order valence-electron chi connectivity index (χ3n) is 3.57. The fraction of sp³-hybridized carbons (Fsp3) is 0.438. The summed E-state index contributed by atoms with van der Waals surface area (Å²) >= 11 is 10.2. The molecule has 0 unspecified atom stereocenters. The number of nitrogens with zero attached hydrogens (tertiary/aromatic N) is 4. The minimum atomic E-state index is -4.21. The highest BCUT2D eigenvalue weighted by Crippen LogP contribution is 2.28. The van der Waals surface area contributed by atoms with Crippen molar-refractivity contribution in [1.29, 1.82) is 0 Å². The first-order valence-electron chi connectivity index (χ1n) is 7.95. The Balaban J connectivity index is 2.17. The quantitative estimate of drug-likeness (QED) is 0.525. The summed E-state index contributed by atoms with van der Waals surface area (Å²) in [5.41, 5.74) is 1.01. The van der Waals surface area contributed by atoms with Crippen LogP contribution in [-0.4, -0.2) is 39.1 Å². The Hall–Kier alpha value is -1.74. The van der Waals surface area contributed by atoms with Crippen LogP contribution < -0.4 is 4.90 Å². The second kappa shape index (κ2) is 9.27. The average Bonchev–Trinajstić information content (AvgIpc) is 2.96. The number of carbonyl (C=O) groups excluding carboxylic acids is 1. The van der Waals surface area contributed by atoms with Crippen LogP contribution in [-0.2, 0) is 4.79 Å². The maximum Gasteiger partial charge on any atom is 0.389 e. The van der Waals surface area contributed by atoms with E-state index in [1.54, 1.807) is 30.7 Å². The molecule has 2 heterocycles. The van der Waals surface area contributed by atoms with Gasteiger partial charge in [0.15, 0.2) is 5.15 Å². The van der Waals surface area contributed by atoms with Crippen LogP contribution in [0, 0.1) is 0 Å². The third kappa shape index (κ3) is 5.91. The van der Waals surface area contributed by atoms with Gasteiger partial charge in [-0.15, -0.1) is 0 Å². The van der Waals surface area contributed by atoms with Gasteiger partial charge in [0.2, 0.25) is 5.91 Å². The van der Waals surface area contributed by atoms with E-state index in [4.69, 9.17) is 11.6 Å². The predicted octanol–water partition coefficient (Wildman–Crippen LogP) is 4.31. The molecule has 0 fully saturated rings. The predicted molar refractivity (Wildman–Crippen MR) is 97.1 cm³/mol. The fourth-order valence-corrected chi connectivity index (χ4v) is 2.78. The van der Waals surface area contributed by atoms with Crippen LogP contribution in [0.3, 0.4) is 0 Å². The van der Waals surface area contributed by atoms with Gasteiger partial charge in [0.25, 0.3) is 0 Å². The van der Waals surface area contributed by atoms with Crippen LogP contribution in [0.25, 0.3) is 5.69 Å². The molecule has 0 spiro atoms. The highest BCUT2D eigenvalue weighted by Gasteiger charge is 2.27. The van der Waals surface area contributed by atoms with Crippen LogP contribution in [0.5, 0.6) is 0 Å². The van der Waals surface area contributed by atoms with E-state index in [0.717, 1.165) is 0 Å². The first kappa shape index (κ1) is 20.6. The van der Waals surface area contributed by atoms with Crippen molar-refractivity contribution < 1.29 is 18.0 Å². The van der Waals surface area contributed by atoms with Gasteiger partial charge in [-0.3, -0.25) is 9.78 Å². The number of halogens is 4. The van der Waals surface area contributed by atoms with E-state index in [9.17, 15) is 18.0 Å². The maximum absolute atomic E-state index is 12.4. The number of aromatic nitrogens is 3. The smallest absolute Gasteiger partial charge is 0.308 e. The van der Waals surface area contributed by atoms with E-state index >= 15 is 0 Å². The summed E-state index contributed by atoms with van der Waals surface area (Å²) in [7, 11) is 0. The van der Waals surface area contributed by atoms with Gasteiger partial charge in [-0.1, -0.05) is 11.6 Å². The van der Waals surface area contributed by atoms with Crippen molar-refractivity contribution >= 4 is 35.8 Å². The number of hydrogen-bond acceptors (Lipinski definition) is 4. The summed E-state index contributed by atoms with van der Waals surface area (Å²) < 4.78 is 38.4. The molecule has 0 saturated heterocycles. The number of carbonyl (C=O) groups is 1. The minimum absolute atomic E-state index is 0.0669. The number of thiol groups is 1. The van der Waals surface area contributed by atoms with Gasteiger partial charge >= 0.3 is 6.18 Å². The zero-order chi connectivity index (χ0) is 19.2. The summed E-state index contributed by atoms with van der Waals surface area (Å²) in [5.74, 6) is 0.0614. The summed E-state index contributed by atoms with van der Waals surface area (Å²) in [4.78, 5) is 17.7. The standard InChI is InChI=1S/C16H18ClF3N4OS/c17-15-13(11-24(22-15)12-4-3-7-21-10-12)23(14(25)5-9-26)8-2-1-6-16(18,19)20/h3-4,7,10-11,26H,1-2,5-6,8-9H2. The van der Waals surface area contributed by atoms with Gasteiger partial charge in [0.05, 0.1) is 18.1 Å². The van der Waals surface area contributed by atoms with Crippen LogP contribution in [0.1, 0.15) is 25.7 Å². The Morgan fingerprint density at radius 1 is 1.35 bits per heavy atom. The van der Waals surface area contributed by atoms with E-state index in [2.05, 4.69) is 22.7 Å². The highest BCUT2D eigenvalue weighted by molar-refractivity contribution is 7.80. The molecule has 0 N–H and O–H groups in total. The number of unbranched alkanes of at least 4 members (excludes halogenated alkanes) is 1. The Bertz CT molecular complexity index is 724. The number of hydrogen-bond donors (Lipinski definition) is 1. The Morgan fingerprint density at radius 2 is 2.12 bits per heavy atom. The Morgan fingerprint density at radius 3 is 2.73 bits per heavy atom. The highest BCUT2D eigenvalue weighted by atomic mass is 35.5. The van der Waals surface area contributed by atoms with Crippen LogP contribution in [0.15, 0.2) is 30.7 Å². The second-order valence-electron chi connectivity index (χ2n) is 5.55.